The number of nitriles is 1. The molecule has 4 aromatic carbocycles. The van der Waals surface area contributed by atoms with Crippen LogP contribution < -0.4 is 0 Å². The highest BCUT2D eigenvalue weighted by molar-refractivity contribution is 5.85. The van der Waals surface area contributed by atoms with E-state index in [-0.39, 0.29) is 18.7 Å². The fourth-order valence-corrected chi connectivity index (χ4v) is 3.73. The summed E-state index contributed by atoms with van der Waals surface area (Å²) < 4.78 is 42.7. The molecule has 0 amide bonds. The van der Waals surface area contributed by atoms with Gasteiger partial charge in [0.15, 0.2) is 0 Å². The number of hydrogen-bond acceptors (Lipinski definition) is 1. The van der Waals surface area contributed by atoms with E-state index in [1.54, 1.807) is 18.2 Å². The Labute approximate surface area is 191 Å². The van der Waals surface area contributed by atoms with Gasteiger partial charge in [0.2, 0.25) is 0 Å². The van der Waals surface area contributed by atoms with E-state index in [1.165, 1.54) is 11.6 Å². The van der Waals surface area contributed by atoms with Gasteiger partial charge < -0.3 is 0 Å². The van der Waals surface area contributed by atoms with Crippen LogP contribution in [0.5, 0.6) is 0 Å². The minimum atomic E-state index is -0.901. The van der Waals surface area contributed by atoms with Crippen LogP contribution in [0.1, 0.15) is 40.3 Å². The molecule has 0 aliphatic rings. The van der Waals surface area contributed by atoms with Crippen LogP contribution in [0, 0.1) is 40.6 Å². The van der Waals surface area contributed by atoms with Crippen molar-refractivity contribution in [3.63, 3.8) is 0 Å². The molecule has 0 atom stereocenters. The topological polar surface area (TPSA) is 23.8 Å². The lowest BCUT2D eigenvalue weighted by atomic mass is 9.98. The number of halogens is 3. The highest BCUT2D eigenvalue weighted by Gasteiger charge is 2.12. The number of aryl methyl sites for hydroxylation is 3. The van der Waals surface area contributed by atoms with E-state index in [4.69, 9.17) is 5.26 Å². The fourth-order valence-electron chi connectivity index (χ4n) is 3.73. The molecule has 4 heteroatoms. The lowest BCUT2D eigenvalue weighted by Crippen LogP contribution is -1.99. The monoisotopic (exact) mass is 439 g/mol. The van der Waals surface area contributed by atoms with Gasteiger partial charge in [-0.1, -0.05) is 49.1 Å². The summed E-state index contributed by atoms with van der Waals surface area (Å²) in [5, 5.41) is 9.99. The first-order valence-electron chi connectivity index (χ1n) is 10.7. The molecule has 0 aromatic heterocycles. The van der Waals surface area contributed by atoms with Crippen molar-refractivity contribution in [2.45, 2.75) is 26.2 Å². The van der Waals surface area contributed by atoms with E-state index in [9.17, 15) is 8.78 Å². The first-order valence-corrected chi connectivity index (χ1v) is 10.7. The second-order valence-corrected chi connectivity index (χ2v) is 7.82. The van der Waals surface area contributed by atoms with E-state index in [0.717, 1.165) is 35.1 Å². The van der Waals surface area contributed by atoms with Gasteiger partial charge in [-0.05, 0) is 77.7 Å². The third kappa shape index (κ3) is 4.92. The van der Waals surface area contributed by atoms with Crippen molar-refractivity contribution in [2.24, 2.45) is 0 Å². The zero-order valence-corrected chi connectivity index (χ0v) is 18.1. The van der Waals surface area contributed by atoms with E-state index < -0.39 is 17.2 Å². The molecule has 33 heavy (non-hydrogen) atoms. The summed E-state index contributed by atoms with van der Waals surface area (Å²) >= 11 is 0. The number of benzene rings is 4. The van der Waals surface area contributed by atoms with Crippen LogP contribution in [0.4, 0.5) is 13.2 Å². The van der Waals surface area contributed by atoms with Crippen LogP contribution in [-0.4, -0.2) is 0 Å². The molecule has 0 heterocycles. The maximum absolute atomic E-state index is 15.1. The Hall–Kier alpha value is -4.02. The zero-order valence-electron chi connectivity index (χ0n) is 18.1. The average Bonchev–Trinajstić information content (AvgIpc) is 2.82. The van der Waals surface area contributed by atoms with Gasteiger partial charge in [-0.2, -0.15) is 5.26 Å². The minimum absolute atomic E-state index is 0.252. The molecule has 0 bridgehead atoms. The Bertz CT molecular complexity index is 1410. The molecule has 0 aliphatic carbocycles. The number of nitrogens with zero attached hydrogens (tertiary/aromatic N) is 1. The van der Waals surface area contributed by atoms with Gasteiger partial charge in [0.25, 0.3) is 0 Å². The third-order valence-corrected chi connectivity index (χ3v) is 5.64. The van der Waals surface area contributed by atoms with Crippen LogP contribution >= 0.6 is 0 Å². The van der Waals surface area contributed by atoms with Crippen LogP contribution in [0.2, 0.25) is 0 Å². The van der Waals surface area contributed by atoms with E-state index >= 15 is 4.39 Å². The normalized spacial score (nSPS) is 10.5. The summed E-state index contributed by atoms with van der Waals surface area (Å²) in [6, 6.07) is 20.7. The largest absolute Gasteiger partial charge is 0.206 e. The van der Waals surface area contributed by atoms with Gasteiger partial charge >= 0.3 is 0 Å². The predicted octanol–water partition coefficient (Wildman–Crippen LogP) is 6.88. The van der Waals surface area contributed by atoms with E-state index in [1.807, 2.05) is 24.3 Å². The van der Waals surface area contributed by atoms with Crippen LogP contribution in [-0.2, 0) is 19.3 Å². The van der Waals surface area contributed by atoms with Crippen molar-refractivity contribution >= 4 is 10.8 Å². The minimum Gasteiger partial charge on any atom is -0.206 e. The second-order valence-electron chi connectivity index (χ2n) is 7.82. The molecule has 0 spiro atoms. The van der Waals surface area contributed by atoms with Crippen molar-refractivity contribution in [2.75, 3.05) is 0 Å². The Balaban J connectivity index is 1.54. The molecule has 162 valence electrons. The van der Waals surface area contributed by atoms with Crippen LogP contribution in [0.25, 0.3) is 10.8 Å². The van der Waals surface area contributed by atoms with Gasteiger partial charge in [0.1, 0.15) is 29.1 Å². The van der Waals surface area contributed by atoms with Crippen molar-refractivity contribution < 1.29 is 13.2 Å². The van der Waals surface area contributed by atoms with Gasteiger partial charge in [-0.15, -0.1) is 0 Å². The van der Waals surface area contributed by atoms with Crippen molar-refractivity contribution in [3.05, 3.63) is 118 Å². The standard InChI is InChI=1S/C29H20F3N/c1-2-19-3-5-20(6-4-19)7-8-21-10-14-25-24(15-21)13-12-23(29(25)32)11-9-22-16-27(30)26(18-33)28(31)17-22/h3-6,10,12-17H,2,9,11H2,1H3. The summed E-state index contributed by atoms with van der Waals surface area (Å²) in [6.45, 7) is 2.10. The molecule has 4 aromatic rings. The quantitative estimate of drug-likeness (QED) is 0.318. The highest BCUT2D eigenvalue weighted by Crippen LogP contribution is 2.24. The maximum Gasteiger partial charge on any atom is 0.144 e. The number of hydrogen-bond donors (Lipinski definition) is 0. The molecular formula is C29H20F3N. The lowest BCUT2D eigenvalue weighted by molar-refractivity contribution is 0.572. The Morgan fingerprint density at radius 1 is 0.727 bits per heavy atom. The molecule has 4 rings (SSSR count). The Morgan fingerprint density at radius 2 is 1.39 bits per heavy atom. The predicted molar refractivity (Wildman–Crippen MR) is 124 cm³/mol. The molecule has 0 radical (unpaired) electrons. The first kappa shape index (κ1) is 22.2. The number of fused-ring (bicyclic) bond motifs is 1. The molecule has 0 saturated heterocycles. The summed E-state index contributed by atoms with van der Waals surface area (Å²) in [5.74, 6) is 4.11. The molecule has 0 saturated carbocycles. The Morgan fingerprint density at radius 3 is 2.06 bits per heavy atom. The van der Waals surface area contributed by atoms with E-state index in [0.29, 0.717) is 16.5 Å². The van der Waals surface area contributed by atoms with Crippen LogP contribution in [0.15, 0.2) is 66.7 Å². The van der Waals surface area contributed by atoms with E-state index in [2.05, 4.69) is 30.9 Å². The SMILES string of the molecule is CCc1ccc(C#Cc2ccc3c(F)c(CCc4cc(F)c(C#N)c(F)c4)ccc3c2)cc1. The van der Waals surface area contributed by atoms with Gasteiger partial charge in [0.05, 0.1) is 0 Å². The molecule has 0 unspecified atom stereocenters. The summed E-state index contributed by atoms with van der Waals surface area (Å²) in [4.78, 5) is 0. The molecular weight excluding hydrogens is 419 g/mol. The van der Waals surface area contributed by atoms with Crippen molar-refractivity contribution in [1.82, 2.24) is 0 Å². The fraction of sp³-hybridized carbons (Fsp3) is 0.138. The third-order valence-electron chi connectivity index (χ3n) is 5.64. The maximum atomic E-state index is 15.1. The number of rotatable bonds is 4. The molecule has 1 nitrogen and oxygen atoms in total. The van der Waals surface area contributed by atoms with Gasteiger partial charge in [-0.25, -0.2) is 13.2 Å². The van der Waals surface area contributed by atoms with Crippen molar-refractivity contribution in [3.8, 4) is 17.9 Å². The summed E-state index contributed by atoms with van der Waals surface area (Å²) in [6.07, 6.45) is 1.51. The summed E-state index contributed by atoms with van der Waals surface area (Å²) in [5.41, 5.74) is 3.20. The summed E-state index contributed by atoms with van der Waals surface area (Å²) in [7, 11) is 0. The van der Waals surface area contributed by atoms with Crippen molar-refractivity contribution in [1.29, 1.82) is 5.26 Å². The molecule has 0 N–H and O–H groups in total. The molecule has 0 aliphatic heterocycles. The smallest absolute Gasteiger partial charge is 0.144 e. The first-order chi connectivity index (χ1) is 16.0. The molecule has 0 fully saturated rings. The van der Waals surface area contributed by atoms with Gasteiger partial charge in [0, 0.05) is 16.5 Å². The second kappa shape index (κ2) is 9.63. The highest BCUT2D eigenvalue weighted by atomic mass is 19.1. The van der Waals surface area contributed by atoms with Crippen LogP contribution in [0.3, 0.4) is 0 Å². The lowest BCUT2D eigenvalue weighted by Gasteiger charge is -2.08. The van der Waals surface area contributed by atoms with Gasteiger partial charge in [-0.3, -0.25) is 0 Å². The average molecular weight is 439 g/mol. The Kier molecular flexibility index (Phi) is 6.48. The zero-order chi connectivity index (χ0) is 23.4.